The van der Waals surface area contributed by atoms with Gasteiger partial charge in [-0.05, 0) is 42.8 Å². The molecule has 0 fully saturated rings. The Morgan fingerprint density at radius 3 is 2.32 bits per heavy atom. The molecule has 2 aromatic carbocycles. The molecule has 2 aromatic rings. The quantitative estimate of drug-likeness (QED) is 0.910. The molecule has 0 saturated carbocycles. The van der Waals surface area contributed by atoms with E-state index in [-0.39, 0.29) is 6.04 Å². The zero-order chi connectivity index (χ0) is 13.8. The van der Waals surface area contributed by atoms with E-state index in [2.05, 4.69) is 17.0 Å². The van der Waals surface area contributed by atoms with Crippen LogP contribution in [-0.4, -0.2) is 7.05 Å². The van der Waals surface area contributed by atoms with Crippen molar-refractivity contribution in [2.24, 2.45) is 5.73 Å². The van der Waals surface area contributed by atoms with Gasteiger partial charge in [0.1, 0.15) is 0 Å². The summed E-state index contributed by atoms with van der Waals surface area (Å²) in [5.74, 6) is 0. The van der Waals surface area contributed by atoms with Crippen molar-refractivity contribution in [3.63, 3.8) is 0 Å². The molecular formula is C16H17N3. The first-order chi connectivity index (χ1) is 9.13. The summed E-state index contributed by atoms with van der Waals surface area (Å²) in [6.07, 6.45) is 0. The molecule has 0 bridgehead atoms. The summed E-state index contributed by atoms with van der Waals surface area (Å²) in [4.78, 5) is 2.08. The fourth-order valence-corrected chi connectivity index (χ4v) is 2.08. The van der Waals surface area contributed by atoms with Crippen molar-refractivity contribution in [2.75, 3.05) is 11.9 Å². The monoisotopic (exact) mass is 251 g/mol. The second-order valence-electron chi connectivity index (χ2n) is 4.57. The molecule has 3 nitrogen and oxygen atoms in total. The summed E-state index contributed by atoms with van der Waals surface area (Å²) in [5.41, 5.74) is 9.90. The van der Waals surface area contributed by atoms with Crippen LogP contribution in [0.1, 0.15) is 24.1 Å². The molecule has 0 saturated heterocycles. The zero-order valence-electron chi connectivity index (χ0n) is 11.2. The van der Waals surface area contributed by atoms with Crippen LogP contribution < -0.4 is 10.6 Å². The molecule has 3 heteroatoms. The van der Waals surface area contributed by atoms with Crippen molar-refractivity contribution in [1.29, 1.82) is 5.26 Å². The minimum absolute atomic E-state index is 0.0166. The standard InChI is InChI=1S/C16H17N3/c1-12(18)15-5-3-4-6-16(15)19(2)14-9-7-13(11-17)8-10-14/h3-10,12H,18H2,1-2H3/t12-/m0/s1. The van der Waals surface area contributed by atoms with Gasteiger partial charge in [-0.2, -0.15) is 5.26 Å². The van der Waals surface area contributed by atoms with Crippen LogP contribution in [0.15, 0.2) is 48.5 Å². The van der Waals surface area contributed by atoms with E-state index in [0.29, 0.717) is 5.56 Å². The summed E-state index contributed by atoms with van der Waals surface area (Å²) in [5, 5.41) is 8.82. The SMILES string of the molecule is C[C@H](N)c1ccccc1N(C)c1ccc(C#N)cc1. The van der Waals surface area contributed by atoms with Gasteiger partial charge in [0.05, 0.1) is 11.6 Å². The lowest BCUT2D eigenvalue weighted by Gasteiger charge is -2.24. The Hall–Kier alpha value is -2.31. The van der Waals surface area contributed by atoms with Gasteiger partial charge in [-0.1, -0.05) is 18.2 Å². The number of rotatable bonds is 3. The van der Waals surface area contributed by atoms with Gasteiger partial charge in [0.15, 0.2) is 0 Å². The largest absolute Gasteiger partial charge is 0.344 e. The van der Waals surface area contributed by atoms with E-state index in [1.165, 1.54) is 0 Å². The number of hydrogen-bond donors (Lipinski definition) is 1. The summed E-state index contributed by atoms with van der Waals surface area (Å²) in [7, 11) is 2.00. The molecular weight excluding hydrogens is 234 g/mol. The Balaban J connectivity index is 2.38. The van der Waals surface area contributed by atoms with Crippen LogP contribution in [0.25, 0.3) is 0 Å². The summed E-state index contributed by atoms with van der Waals surface area (Å²) in [6.45, 7) is 1.98. The topological polar surface area (TPSA) is 53.0 Å². The molecule has 0 spiro atoms. The van der Waals surface area contributed by atoms with E-state index in [4.69, 9.17) is 11.0 Å². The van der Waals surface area contributed by atoms with Gasteiger partial charge in [-0.15, -0.1) is 0 Å². The first-order valence-corrected chi connectivity index (χ1v) is 6.22. The van der Waals surface area contributed by atoms with Crippen molar-refractivity contribution in [3.8, 4) is 6.07 Å². The third-order valence-electron chi connectivity index (χ3n) is 3.17. The molecule has 0 aromatic heterocycles. The number of nitriles is 1. The average Bonchev–Trinajstić information content (AvgIpc) is 2.46. The molecule has 2 N–H and O–H groups in total. The van der Waals surface area contributed by atoms with Gasteiger partial charge in [0.2, 0.25) is 0 Å². The fourth-order valence-electron chi connectivity index (χ4n) is 2.08. The molecule has 2 rings (SSSR count). The van der Waals surface area contributed by atoms with Gasteiger partial charge < -0.3 is 10.6 Å². The van der Waals surface area contributed by atoms with Crippen molar-refractivity contribution in [2.45, 2.75) is 13.0 Å². The minimum Gasteiger partial charge on any atom is -0.344 e. The van der Waals surface area contributed by atoms with Crippen molar-refractivity contribution < 1.29 is 0 Å². The number of benzene rings is 2. The van der Waals surface area contributed by atoms with E-state index in [0.717, 1.165) is 16.9 Å². The highest BCUT2D eigenvalue weighted by Crippen LogP contribution is 2.29. The van der Waals surface area contributed by atoms with Gasteiger partial charge in [-0.25, -0.2) is 0 Å². The number of nitrogens with two attached hydrogens (primary N) is 1. The van der Waals surface area contributed by atoms with Gasteiger partial charge in [-0.3, -0.25) is 0 Å². The first-order valence-electron chi connectivity index (χ1n) is 6.22. The molecule has 0 unspecified atom stereocenters. The lowest BCUT2D eigenvalue weighted by atomic mass is 10.1. The predicted molar refractivity (Wildman–Crippen MR) is 78.3 cm³/mol. The highest BCUT2D eigenvalue weighted by atomic mass is 15.1. The number of para-hydroxylation sites is 1. The lowest BCUT2D eigenvalue weighted by Crippen LogP contribution is -2.15. The second-order valence-corrected chi connectivity index (χ2v) is 4.57. The summed E-state index contributed by atoms with van der Waals surface area (Å²) in [6, 6.07) is 17.7. The van der Waals surface area contributed by atoms with E-state index < -0.39 is 0 Å². The Morgan fingerprint density at radius 1 is 1.11 bits per heavy atom. The van der Waals surface area contributed by atoms with Crippen LogP contribution in [0, 0.1) is 11.3 Å². The minimum atomic E-state index is -0.0166. The van der Waals surface area contributed by atoms with Crippen LogP contribution in [0.2, 0.25) is 0 Å². The average molecular weight is 251 g/mol. The predicted octanol–water partition coefficient (Wildman–Crippen LogP) is 3.35. The Kier molecular flexibility index (Phi) is 3.84. The number of anilines is 2. The molecule has 0 radical (unpaired) electrons. The van der Waals surface area contributed by atoms with Gasteiger partial charge in [0.25, 0.3) is 0 Å². The first kappa shape index (κ1) is 13.1. The highest BCUT2D eigenvalue weighted by Gasteiger charge is 2.11. The molecule has 96 valence electrons. The van der Waals surface area contributed by atoms with Gasteiger partial charge >= 0.3 is 0 Å². The van der Waals surface area contributed by atoms with Crippen molar-refractivity contribution in [3.05, 3.63) is 59.7 Å². The smallest absolute Gasteiger partial charge is 0.0991 e. The molecule has 0 heterocycles. The lowest BCUT2D eigenvalue weighted by molar-refractivity contribution is 0.815. The molecule has 0 amide bonds. The molecule has 19 heavy (non-hydrogen) atoms. The molecule has 0 aliphatic rings. The normalized spacial score (nSPS) is 11.7. The van der Waals surface area contributed by atoms with Crippen LogP contribution in [0.4, 0.5) is 11.4 Å². The highest BCUT2D eigenvalue weighted by molar-refractivity contribution is 5.66. The number of hydrogen-bond acceptors (Lipinski definition) is 3. The van der Waals surface area contributed by atoms with Gasteiger partial charge in [0, 0.05) is 24.5 Å². The van der Waals surface area contributed by atoms with E-state index in [1.54, 1.807) is 0 Å². The van der Waals surface area contributed by atoms with Crippen molar-refractivity contribution >= 4 is 11.4 Å². The Morgan fingerprint density at radius 2 is 1.74 bits per heavy atom. The van der Waals surface area contributed by atoms with Crippen LogP contribution in [0.5, 0.6) is 0 Å². The molecule has 0 aliphatic carbocycles. The maximum atomic E-state index is 8.82. The third kappa shape index (κ3) is 2.75. The van der Waals surface area contributed by atoms with Crippen LogP contribution in [-0.2, 0) is 0 Å². The van der Waals surface area contributed by atoms with E-state index >= 15 is 0 Å². The number of nitrogens with zero attached hydrogens (tertiary/aromatic N) is 2. The summed E-state index contributed by atoms with van der Waals surface area (Å²) < 4.78 is 0. The van der Waals surface area contributed by atoms with Crippen molar-refractivity contribution in [1.82, 2.24) is 0 Å². The Bertz CT molecular complexity index is 594. The fraction of sp³-hybridized carbons (Fsp3) is 0.188. The maximum absolute atomic E-state index is 8.82. The molecule has 1 atom stereocenters. The second kappa shape index (κ2) is 5.55. The maximum Gasteiger partial charge on any atom is 0.0991 e. The van der Waals surface area contributed by atoms with Crippen LogP contribution >= 0.6 is 0 Å². The Labute approximate surface area is 113 Å². The van der Waals surface area contributed by atoms with Crippen LogP contribution in [0.3, 0.4) is 0 Å². The summed E-state index contributed by atoms with van der Waals surface area (Å²) >= 11 is 0. The third-order valence-corrected chi connectivity index (χ3v) is 3.17. The van der Waals surface area contributed by atoms with E-state index in [9.17, 15) is 0 Å². The molecule has 0 aliphatic heterocycles. The van der Waals surface area contributed by atoms with E-state index in [1.807, 2.05) is 56.4 Å². The zero-order valence-corrected chi connectivity index (χ0v) is 11.2.